The van der Waals surface area contributed by atoms with Crippen molar-refractivity contribution >= 4 is 34.3 Å². The van der Waals surface area contributed by atoms with E-state index in [1.54, 1.807) is 35.0 Å². The number of hydrogen-bond donors (Lipinski definition) is 4. The Morgan fingerprint density at radius 2 is 1.81 bits per heavy atom. The summed E-state index contributed by atoms with van der Waals surface area (Å²) in [7, 11) is 0. The predicted molar refractivity (Wildman–Crippen MR) is 99.4 cm³/mol. The Hall–Kier alpha value is -3.61. The van der Waals surface area contributed by atoms with Gasteiger partial charge in [-0.05, 0) is 35.9 Å². The lowest BCUT2D eigenvalue weighted by molar-refractivity contribution is -0.136. The first-order valence-corrected chi connectivity index (χ1v) is 7.97. The number of rotatable bonds is 6. The minimum Gasteiger partial charge on any atom is -0.481 e. The molecule has 0 radical (unpaired) electrons. The summed E-state index contributed by atoms with van der Waals surface area (Å²) in [6.07, 6.45) is 1.61. The monoisotopic (exact) mass is 350 g/mol. The van der Waals surface area contributed by atoms with E-state index in [-0.39, 0.29) is 24.7 Å². The van der Waals surface area contributed by atoms with E-state index in [9.17, 15) is 9.59 Å². The molecule has 0 saturated carbocycles. The van der Waals surface area contributed by atoms with E-state index in [4.69, 9.17) is 16.2 Å². The van der Waals surface area contributed by atoms with Crippen LogP contribution in [0, 0.1) is 5.41 Å². The second-order valence-corrected chi connectivity index (χ2v) is 5.91. The fourth-order valence-electron chi connectivity index (χ4n) is 2.85. The molecule has 3 rings (SSSR count). The number of para-hydroxylation sites is 1. The maximum atomic E-state index is 12.4. The molecule has 0 fully saturated rings. The second kappa shape index (κ2) is 7.10. The van der Waals surface area contributed by atoms with Crippen LogP contribution in [0.25, 0.3) is 10.9 Å². The number of carboxylic acid groups (broad SMARTS) is 1. The van der Waals surface area contributed by atoms with Crippen molar-refractivity contribution in [2.75, 3.05) is 5.32 Å². The summed E-state index contributed by atoms with van der Waals surface area (Å²) in [5.74, 6) is -1.18. The number of nitrogens with two attached hydrogens (primary N) is 1. The zero-order valence-electron chi connectivity index (χ0n) is 13.9. The van der Waals surface area contributed by atoms with Gasteiger partial charge < -0.3 is 20.7 Å². The number of carbonyl (C=O) groups is 2. The third-order valence-corrected chi connectivity index (χ3v) is 4.01. The first-order valence-electron chi connectivity index (χ1n) is 7.97. The molecule has 0 aliphatic rings. The highest BCUT2D eigenvalue weighted by molar-refractivity contribution is 5.96. The molecule has 0 unspecified atom stereocenters. The number of amidine groups is 1. The summed E-state index contributed by atoms with van der Waals surface area (Å²) in [6, 6.07) is 14.1. The number of aromatic nitrogens is 1. The smallest absolute Gasteiger partial charge is 0.307 e. The lowest BCUT2D eigenvalue weighted by Gasteiger charge is -2.08. The summed E-state index contributed by atoms with van der Waals surface area (Å²) >= 11 is 0. The Bertz CT molecular complexity index is 990. The van der Waals surface area contributed by atoms with Crippen LogP contribution in [0.1, 0.15) is 11.1 Å². The fourth-order valence-corrected chi connectivity index (χ4v) is 2.85. The van der Waals surface area contributed by atoms with E-state index in [1.807, 2.05) is 24.3 Å². The van der Waals surface area contributed by atoms with Gasteiger partial charge in [-0.15, -0.1) is 0 Å². The third-order valence-electron chi connectivity index (χ3n) is 4.01. The zero-order valence-corrected chi connectivity index (χ0v) is 13.9. The van der Waals surface area contributed by atoms with Gasteiger partial charge in [0.1, 0.15) is 12.4 Å². The van der Waals surface area contributed by atoms with E-state index in [0.717, 1.165) is 10.9 Å². The van der Waals surface area contributed by atoms with E-state index in [1.165, 1.54) is 0 Å². The van der Waals surface area contributed by atoms with Crippen molar-refractivity contribution in [1.29, 1.82) is 5.41 Å². The van der Waals surface area contributed by atoms with Crippen LogP contribution in [0.15, 0.2) is 54.7 Å². The van der Waals surface area contributed by atoms with Gasteiger partial charge in [0.25, 0.3) is 0 Å². The van der Waals surface area contributed by atoms with Crippen molar-refractivity contribution in [3.8, 4) is 0 Å². The fraction of sp³-hybridized carbons (Fsp3) is 0.105. The van der Waals surface area contributed by atoms with Crippen LogP contribution in [-0.2, 0) is 22.6 Å². The maximum Gasteiger partial charge on any atom is 0.307 e. The SMILES string of the molecule is N=C(N)c1ccc(NC(=O)Cn2cc(CC(=O)O)c3ccccc32)cc1. The van der Waals surface area contributed by atoms with Crippen molar-refractivity contribution in [3.05, 3.63) is 65.9 Å². The quantitative estimate of drug-likeness (QED) is 0.402. The minimum absolute atomic E-state index is 0.0346. The third kappa shape index (κ3) is 3.72. The molecule has 0 spiro atoms. The van der Waals surface area contributed by atoms with Crippen molar-refractivity contribution in [1.82, 2.24) is 4.57 Å². The lowest BCUT2D eigenvalue weighted by Crippen LogP contribution is -2.18. The summed E-state index contributed by atoms with van der Waals surface area (Å²) in [6.45, 7) is 0.0641. The molecule has 0 atom stereocenters. The van der Waals surface area contributed by atoms with Gasteiger partial charge in [-0.1, -0.05) is 18.2 Å². The predicted octanol–water partition coefficient (Wildman–Crippen LogP) is 2.19. The molecule has 5 N–H and O–H groups in total. The number of carboxylic acids is 1. The largest absolute Gasteiger partial charge is 0.481 e. The molecule has 132 valence electrons. The van der Waals surface area contributed by atoms with Crippen LogP contribution in [0.4, 0.5) is 5.69 Å². The van der Waals surface area contributed by atoms with E-state index < -0.39 is 5.97 Å². The average molecular weight is 350 g/mol. The van der Waals surface area contributed by atoms with Gasteiger partial charge in [0.15, 0.2) is 0 Å². The van der Waals surface area contributed by atoms with Gasteiger partial charge in [0.05, 0.1) is 6.42 Å². The molecule has 26 heavy (non-hydrogen) atoms. The van der Waals surface area contributed by atoms with Gasteiger partial charge in [0.2, 0.25) is 5.91 Å². The number of nitrogens with one attached hydrogen (secondary N) is 2. The number of aliphatic carboxylic acids is 1. The highest BCUT2D eigenvalue weighted by atomic mass is 16.4. The standard InChI is InChI=1S/C19H18N4O3/c20-19(21)12-5-7-14(8-6-12)22-17(24)11-23-10-13(9-18(25)26)15-3-1-2-4-16(15)23/h1-8,10H,9,11H2,(H3,20,21)(H,22,24)(H,25,26). The average Bonchev–Trinajstić information content (AvgIpc) is 2.92. The minimum atomic E-state index is -0.914. The molecule has 2 aromatic carbocycles. The van der Waals surface area contributed by atoms with Crippen molar-refractivity contribution in [2.45, 2.75) is 13.0 Å². The van der Waals surface area contributed by atoms with Crippen molar-refractivity contribution in [2.24, 2.45) is 5.73 Å². The molecule has 1 heterocycles. The van der Waals surface area contributed by atoms with Crippen LogP contribution >= 0.6 is 0 Å². The van der Waals surface area contributed by atoms with Crippen LogP contribution in [0.3, 0.4) is 0 Å². The molecule has 0 saturated heterocycles. The Kier molecular flexibility index (Phi) is 4.70. The molecule has 1 amide bonds. The zero-order chi connectivity index (χ0) is 18.7. The summed E-state index contributed by atoms with van der Waals surface area (Å²) in [4.78, 5) is 23.4. The number of anilines is 1. The van der Waals surface area contributed by atoms with E-state index >= 15 is 0 Å². The number of amides is 1. The highest BCUT2D eigenvalue weighted by Gasteiger charge is 2.13. The van der Waals surface area contributed by atoms with Gasteiger partial charge in [-0.2, -0.15) is 0 Å². The molecule has 0 bridgehead atoms. The number of nitrogens with zero attached hydrogens (tertiary/aromatic N) is 1. The van der Waals surface area contributed by atoms with Gasteiger partial charge in [-0.25, -0.2) is 0 Å². The molecule has 7 nitrogen and oxygen atoms in total. The molecule has 3 aromatic rings. The van der Waals surface area contributed by atoms with Gasteiger partial charge in [0, 0.05) is 28.4 Å². The Morgan fingerprint density at radius 1 is 1.12 bits per heavy atom. The van der Waals surface area contributed by atoms with Crippen molar-refractivity contribution in [3.63, 3.8) is 0 Å². The second-order valence-electron chi connectivity index (χ2n) is 5.91. The molecule has 7 heteroatoms. The highest BCUT2D eigenvalue weighted by Crippen LogP contribution is 2.22. The van der Waals surface area contributed by atoms with E-state index in [0.29, 0.717) is 16.8 Å². The number of nitrogen functional groups attached to an aromatic ring is 1. The number of hydrogen-bond acceptors (Lipinski definition) is 3. The molecular weight excluding hydrogens is 332 g/mol. The Labute approximate surface area is 149 Å². The summed E-state index contributed by atoms with van der Waals surface area (Å²) in [5.41, 5.74) is 8.07. The Morgan fingerprint density at radius 3 is 2.46 bits per heavy atom. The van der Waals surface area contributed by atoms with Crippen LogP contribution in [0.2, 0.25) is 0 Å². The van der Waals surface area contributed by atoms with Crippen molar-refractivity contribution < 1.29 is 14.7 Å². The summed E-state index contributed by atoms with van der Waals surface area (Å²) in [5, 5.41) is 20.0. The first-order chi connectivity index (χ1) is 12.4. The topological polar surface area (TPSA) is 121 Å². The van der Waals surface area contributed by atoms with Gasteiger partial charge >= 0.3 is 5.97 Å². The maximum absolute atomic E-state index is 12.4. The van der Waals surface area contributed by atoms with Gasteiger partial charge in [-0.3, -0.25) is 15.0 Å². The number of benzene rings is 2. The molecule has 0 aliphatic carbocycles. The van der Waals surface area contributed by atoms with E-state index in [2.05, 4.69) is 5.32 Å². The van der Waals surface area contributed by atoms with Crippen LogP contribution < -0.4 is 11.1 Å². The number of fused-ring (bicyclic) bond motifs is 1. The lowest BCUT2D eigenvalue weighted by atomic mass is 10.1. The summed E-state index contributed by atoms with van der Waals surface area (Å²) < 4.78 is 1.74. The normalized spacial score (nSPS) is 10.6. The molecular formula is C19H18N4O3. The van der Waals surface area contributed by atoms with Crippen LogP contribution in [0.5, 0.6) is 0 Å². The Balaban J connectivity index is 1.78. The number of carbonyl (C=O) groups excluding carboxylic acids is 1. The first kappa shape index (κ1) is 17.2. The molecule has 1 aromatic heterocycles. The van der Waals surface area contributed by atoms with Crippen LogP contribution in [-0.4, -0.2) is 27.4 Å². The molecule has 0 aliphatic heterocycles.